The lowest BCUT2D eigenvalue weighted by molar-refractivity contribution is -0.148. The van der Waals surface area contributed by atoms with Gasteiger partial charge < -0.3 is 59.5 Å². The Kier molecular flexibility index (Phi) is 35.6. The van der Waals surface area contributed by atoms with Crippen LogP contribution in [0.4, 0.5) is 77.2 Å². The summed E-state index contributed by atoms with van der Waals surface area (Å²) >= 11 is 17.0. The predicted octanol–water partition coefficient (Wildman–Crippen LogP) is 16.8. The highest BCUT2D eigenvalue weighted by Gasteiger charge is 2.38. The Labute approximate surface area is 620 Å². The summed E-state index contributed by atoms with van der Waals surface area (Å²) in [6, 6.07) is 13.7. The van der Waals surface area contributed by atoms with Crippen molar-refractivity contribution < 1.29 is 133 Å². The van der Waals surface area contributed by atoms with Crippen LogP contribution in [0.5, 0.6) is 0 Å². The molecular weight excluding hydrogens is 1560 g/mol. The number of alkyl halides is 15. The highest BCUT2D eigenvalue weighted by atomic mass is 35.5. The van der Waals surface area contributed by atoms with E-state index >= 15 is 0 Å². The molecule has 0 saturated carbocycles. The van der Waals surface area contributed by atoms with Gasteiger partial charge in [0.1, 0.15) is 22.3 Å². The fraction of sp³-hybridized carbons (Fsp3) is 0.275. The van der Waals surface area contributed by atoms with E-state index < -0.39 is 155 Å². The van der Waals surface area contributed by atoms with Crippen LogP contribution in [-0.4, -0.2) is 101 Å². The normalized spacial score (nSPS) is 11.0. The lowest BCUT2D eigenvalue weighted by atomic mass is 10.1. The van der Waals surface area contributed by atoms with Crippen molar-refractivity contribution in [2.24, 2.45) is 0 Å². The average Bonchev–Trinajstić information content (AvgIpc) is 0.773. The molecule has 0 fully saturated rings. The van der Waals surface area contributed by atoms with Crippen LogP contribution in [0, 0.1) is 0 Å². The molecule has 8 aromatic rings. The maximum absolute atomic E-state index is 13.0. The van der Waals surface area contributed by atoms with E-state index in [1.807, 2.05) is 0 Å². The van der Waals surface area contributed by atoms with Gasteiger partial charge in [0.05, 0.1) is 116 Å². The van der Waals surface area contributed by atoms with E-state index in [0.29, 0.717) is 6.07 Å². The number of allylic oxidation sites excluding steroid dienone is 1. The molecule has 0 radical (unpaired) electrons. The number of aromatic amines is 3. The summed E-state index contributed by atoms with van der Waals surface area (Å²) in [5, 5.41) is 9.27. The molecule has 0 aliphatic heterocycles. The number of hydrogen-bond donors (Lipinski definition) is 6. The molecular formula is C69H63Cl3F15N5O17. The molecule has 0 aliphatic carbocycles. The molecule has 0 atom stereocenters. The first-order valence-electron chi connectivity index (χ1n) is 30.5. The zero-order chi connectivity index (χ0) is 82.1. The SMILES string of the molecule is C.CC=C(C(=O)OCC)C(=O)OCC.CCOC(=O)C(=CNc1cc(C(F)(F)F)ccc1Cl)C(=O)OCC.CCOC(=O)c1c[nH]c2c(Cl)ccc(C(F)(F)F)c2c1=O.CCOC(=O)c1c[nH]c2cccc(C(F)(F)F)c2c1=O.Nc1cc(C(F)(F)F)ccc1Cl.O=C(O)c1c[nH]c2cccc(C(F)(F)F)c2c1=O. The summed E-state index contributed by atoms with van der Waals surface area (Å²) in [5.41, 5.74) is -5.77. The first-order valence-corrected chi connectivity index (χ1v) is 31.6. The van der Waals surface area contributed by atoms with Gasteiger partial charge in [-0.15, -0.1) is 0 Å². The van der Waals surface area contributed by atoms with E-state index in [4.69, 9.17) is 55.1 Å². The van der Waals surface area contributed by atoms with Crippen molar-refractivity contribution in [2.75, 3.05) is 50.7 Å². The number of nitrogens with one attached hydrogen (secondary N) is 4. The second-order valence-electron chi connectivity index (χ2n) is 20.3. The maximum atomic E-state index is 13.0. The highest BCUT2D eigenvalue weighted by Crippen LogP contribution is 2.38. The second-order valence-corrected chi connectivity index (χ2v) is 21.6. The number of esters is 6. The number of aromatic nitrogens is 3. The van der Waals surface area contributed by atoms with E-state index in [-0.39, 0.29) is 95.6 Å². The topological polar surface area (TPSA) is 332 Å². The van der Waals surface area contributed by atoms with Crippen LogP contribution < -0.4 is 27.3 Å². The summed E-state index contributed by atoms with van der Waals surface area (Å²) in [5.74, 6) is -6.72. The Bertz CT molecular complexity index is 4800. The smallest absolute Gasteiger partial charge is 0.417 e. The Morgan fingerprint density at radius 2 is 0.798 bits per heavy atom. The number of anilines is 2. The van der Waals surface area contributed by atoms with Crippen molar-refractivity contribution in [3.05, 3.63) is 217 Å². The molecule has 3 heterocycles. The van der Waals surface area contributed by atoms with Crippen molar-refractivity contribution in [1.82, 2.24) is 15.0 Å². The summed E-state index contributed by atoms with van der Waals surface area (Å²) in [6.07, 6.45) is -17.8. The van der Waals surface area contributed by atoms with Crippen LogP contribution in [0.15, 0.2) is 141 Å². The Hall–Kier alpha value is -11.1. The number of carbonyl (C=O) groups excluding carboxylic acids is 6. The number of carboxylic acid groups (broad SMARTS) is 1. The lowest BCUT2D eigenvalue weighted by Gasteiger charge is -2.11. The molecule has 5 aromatic carbocycles. The van der Waals surface area contributed by atoms with Crippen molar-refractivity contribution in [2.45, 2.75) is 86.8 Å². The number of nitrogens with two attached hydrogens (primary N) is 1. The molecule has 109 heavy (non-hydrogen) atoms. The number of halogens is 18. The average molecular weight is 1630 g/mol. The van der Waals surface area contributed by atoms with E-state index in [0.717, 1.165) is 85.5 Å². The standard InChI is InChI=1S/C15H15ClF3NO4.C13H9ClF3NO3.C13H10F3NO3.C11H6F3NO3.C9H14O4.C7H5ClF3N.CH4/c1-3-23-13(21)10(14(22)24-4-2)8-20-12-7-9(15(17,18)19)5-6-11(12)16;1-2-21-12(20)6-5-18-10-8(14)4-3-7(13(15,16)17)9(10)11(6)19;1-2-20-12(19)7-6-17-9-5-3-4-8(13(14,15)16)10(9)11(7)18;12-11(13,14)6-2-1-3-7-8(6)9(16)5(4-15-7)10(17)18;1-4-7(8(10)12-5-2)9(11)13-6-3;8-5-2-1-4(3-6(5)12)7(9,10)11;/h5-8,20H,3-4H2,1-2H3;3-5H,2H2,1H3,(H,18,19);3-6H,2H2,1H3,(H,17,18);1-4H,(H,15,16)(H,17,18);4H,5-6H2,1-3H3;1-3H,12H2;1H4. The van der Waals surface area contributed by atoms with E-state index in [1.165, 1.54) is 52.0 Å². The van der Waals surface area contributed by atoms with Gasteiger partial charge in [-0.2, -0.15) is 65.9 Å². The van der Waals surface area contributed by atoms with Gasteiger partial charge in [0.2, 0.25) is 16.3 Å². The molecule has 0 bridgehead atoms. The Morgan fingerprint density at radius 1 is 0.450 bits per heavy atom. The minimum absolute atomic E-state index is 0. The zero-order valence-corrected chi connectivity index (χ0v) is 58.8. The van der Waals surface area contributed by atoms with Gasteiger partial charge in [0.25, 0.3) is 0 Å². The van der Waals surface area contributed by atoms with Gasteiger partial charge in [0, 0.05) is 35.8 Å². The Balaban J connectivity index is 0.000000449. The molecule has 3 aromatic heterocycles. The fourth-order valence-electron chi connectivity index (χ4n) is 8.46. The molecule has 40 heteroatoms. The maximum Gasteiger partial charge on any atom is 0.417 e. The van der Waals surface area contributed by atoms with Gasteiger partial charge in [-0.1, -0.05) is 60.4 Å². The van der Waals surface area contributed by atoms with E-state index in [2.05, 4.69) is 39.2 Å². The van der Waals surface area contributed by atoms with Gasteiger partial charge in [-0.05, 0) is 121 Å². The predicted molar refractivity (Wildman–Crippen MR) is 369 cm³/mol. The Morgan fingerprint density at radius 3 is 1.17 bits per heavy atom. The van der Waals surface area contributed by atoms with Crippen molar-refractivity contribution >= 4 is 121 Å². The molecule has 0 amide bonds. The molecule has 22 nitrogen and oxygen atoms in total. The molecule has 0 aliphatic rings. The molecule has 0 spiro atoms. The van der Waals surface area contributed by atoms with Crippen LogP contribution in [0.25, 0.3) is 32.7 Å². The molecule has 8 rings (SSSR count). The summed E-state index contributed by atoms with van der Waals surface area (Å²) in [4.78, 5) is 123. The monoisotopic (exact) mass is 1620 g/mol. The van der Waals surface area contributed by atoms with Crippen molar-refractivity contribution in [1.29, 1.82) is 0 Å². The van der Waals surface area contributed by atoms with Gasteiger partial charge >= 0.3 is 72.7 Å². The number of pyridine rings is 3. The number of carboxylic acids is 1. The third-order valence-corrected chi connectivity index (χ3v) is 14.2. The minimum Gasteiger partial charge on any atom is -0.477 e. The molecule has 0 unspecified atom stereocenters. The van der Waals surface area contributed by atoms with Crippen LogP contribution in [0.2, 0.25) is 15.1 Å². The fourth-order valence-corrected chi connectivity index (χ4v) is 8.96. The first kappa shape index (κ1) is 94.0. The van der Waals surface area contributed by atoms with Gasteiger partial charge in [-0.25, -0.2) is 33.6 Å². The van der Waals surface area contributed by atoms with Crippen LogP contribution in [0.1, 0.15) is 115 Å². The summed E-state index contributed by atoms with van der Waals surface area (Å²) in [7, 11) is 0. The lowest BCUT2D eigenvalue weighted by Crippen LogP contribution is -2.21. The zero-order valence-electron chi connectivity index (χ0n) is 56.6. The van der Waals surface area contributed by atoms with Crippen molar-refractivity contribution in [3.63, 3.8) is 0 Å². The van der Waals surface area contributed by atoms with Crippen molar-refractivity contribution in [3.8, 4) is 0 Å². The molecule has 592 valence electrons. The number of nitrogen functional groups attached to an aromatic ring is 1. The highest BCUT2D eigenvalue weighted by molar-refractivity contribution is 6.35. The number of H-pyrrole nitrogens is 3. The molecule has 7 N–H and O–H groups in total. The van der Waals surface area contributed by atoms with E-state index in [1.54, 1.807) is 20.8 Å². The first-order chi connectivity index (χ1) is 50.2. The van der Waals surface area contributed by atoms with Gasteiger partial charge in [-0.3, -0.25) is 14.4 Å². The number of ether oxygens (including phenoxy) is 6. The summed E-state index contributed by atoms with van der Waals surface area (Å²) < 4.78 is 218. The van der Waals surface area contributed by atoms with Crippen LogP contribution in [0.3, 0.4) is 0 Å². The third-order valence-electron chi connectivity index (χ3n) is 13.2. The minimum atomic E-state index is -4.75. The quantitative estimate of drug-likeness (QED) is 0.0106. The van der Waals surface area contributed by atoms with E-state index in [9.17, 15) is 114 Å². The summed E-state index contributed by atoms with van der Waals surface area (Å²) in [6.45, 7) is 11.6. The van der Waals surface area contributed by atoms with Crippen LogP contribution in [-0.2, 0) is 78.5 Å². The number of aromatic carboxylic acids is 1. The largest absolute Gasteiger partial charge is 0.477 e. The number of rotatable bonds is 15. The number of benzene rings is 5. The number of carbonyl (C=O) groups is 7. The molecule has 0 saturated heterocycles. The second kappa shape index (κ2) is 41.3. The third kappa shape index (κ3) is 26.4. The van der Waals surface area contributed by atoms with Crippen LogP contribution >= 0.6 is 34.8 Å². The van der Waals surface area contributed by atoms with Gasteiger partial charge in [0.15, 0.2) is 5.57 Å². The number of hydrogen-bond acceptors (Lipinski definition) is 18. The number of fused-ring (bicyclic) bond motifs is 3.